The number of hydrogen-bond acceptors (Lipinski definition) is 6. The van der Waals surface area contributed by atoms with E-state index in [1.807, 2.05) is 0 Å². The number of aliphatic imine (C=N–C) groups is 1. The number of sulfonamides is 1. The zero-order valence-electron chi connectivity index (χ0n) is 12.0. The summed E-state index contributed by atoms with van der Waals surface area (Å²) in [7, 11) is -2.35. The molecule has 2 N–H and O–H groups in total. The minimum atomic E-state index is -3.75. The number of nitrogens with zero attached hydrogens (tertiary/aromatic N) is 2. The third-order valence-corrected chi connectivity index (χ3v) is 3.88. The van der Waals surface area contributed by atoms with Crippen LogP contribution in [-0.2, 0) is 10.0 Å². The number of methoxy groups -OCH3 is 1. The molecule has 2 aromatic rings. The summed E-state index contributed by atoms with van der Waals surface area (Å²) in [5, 5.41) is 15.7. The molecule has 8 nitrogen and oxygen atoms in total. The number of non-ortho nitro benzene ring substituents is 1. The molecule has 0 aliphatic rings. The fourth-order valence-electron chi connectivity index (χ4n) is 1.79. The summed E-state index contributed by atoms with van der Waals surface area (Å²) < 4.78 is 27.4. The number of ether oxygens (including phenoxy) is 1. The molecule has 120 valence electrons. The Labute approximate surface area is 132 Å². The van der Waals surface area contributed by atoms with Crippen molar-refractivity contribution in [2.75, 3.05) is 7.11 Å². The first-order valence-corrected chi connectivity index (χ1v) is 7.85. The normalized spacial score (nSPS) is 11.6. The molecule has 23 heavy (non-hydrogen) atoms. The van der Waals surface area contributed by atoms with Crippen LogP contribution in [-0.4, -0.2) is 26.7 Å². The second kappa shape index (κ2) is 6.55. The molecule has 0 bridgehead atoms. The molecular weight excluding hydrogens is 322 g/mol. The fraction of sp³-hybridized carbons (Fsp3) is 0.0714. The molecule has 0 amide bonds. The number of rotatable bonds is 5. The quantitative estimate of drug-likeness (QED) is 0.508. The van der Waals surface area contributed by atoms with Crippen molar-refractivity contribution in [3.05, 3.63) is 58.1 Å². The summed E-state index contributed by atoms with van der Waals surface area (Å²) in [5.74, 6) is 0.309. The maximum Gasteiger partial charge on any atom is 0.273 e. The van der Waals surface area contributed by atoms with Crippen LogP contribution in [0.15, 0.2) is 52.4 Å². The van der Waals surface area contributed by atoms with Crippen LogP contribution in [0.4, 0.5) is 11.4 Å². The Bertz CT molecular complexity index is 860. The van der Waals surface area contributed by atoms with Gasteiger partial charge in [-0.05, 0) is 30.3 Å². The summed E-state index contributed by atoms with van der Waals surface area (Å²) in [5.41, 5.74) is 0.961. The van der Waals surface area contributed by atoms with E-state index in [1.54, 1.807) is 0 Å². The summed E-state index contributed by atoms with van der Waals surface area (Å²) >= 11 is 0. The molecule has 0 spiro atoms. The summed E-state index contributed by atoms with van der Waals surface area (Å²) in [4.78, 5) is 14.4. The third-order valence-electron chi connectivity index (χ3n) is 2.95. The van der Waals surface area contributed by atoms with Crippen molar-refractivity contribution in [3.8, 4) is 5.75 Å². The molecule has 0 aromatic heterocycles. The van der Waals surface area contributed by atoms with Crippen LogP contribution < -0.4 is 9.88 Å². The lowest BCUT2D eigenvalue weighted by molar-refractivity contribution is -0.384. The highest BCUT2D eigenvalue weighted by atomic mass is 32.2. The second-order valence-electron chi connectivity index (χ2n) is 4.48. The number of hydrogen-bond donors (Lipinski definition) is 1. The van der Waals surface area contributed by atoms with Gasteiger partial charge < -0.3 is 4.74 Å². The van der Waals surface area contributed by atoms with E-state index >= 15 is 0 Å². The highest BCUT2D eigenvalue weighted by Gasteiger charge is 2.10. The number of primary sulfonamides is 1. The summed E-state index contributed by atoms with van der Waals surface area (Å²) in [6, 6.07) is 9.82. The van der Waals surface area contributed by atoms with Crippen molar-refractivity contribution in [1.82, 2.24) is 0 Å². The maximum atomic E-state index is 11.2. The van der Waals surface area contributed by atoms with Crippen LogP contribution in [0.25, 0.3) is 0 Å². The monoisotopic (exact) mass is 335 g/mol. The van der Waals surface area contributed by atoms with Crippen molar-refractivity contribution >= 4 is 27.6 Å². The molecular formula is C14H13N3O5S. The first-order chi connectivity index (χ1) is 10.8. The largest absolute Gasteiger partial charge is 0.496 e. The fourth-order valence-corrected chi connectivity index (χ4v) is 2.30. The van der Waals surface area contributed by atoms with Crippen LogP contribution in [0.5, 0.6) is 5.75 Å². The van der Waals surface area contributed by atoms with Crippen LogP contribution in [0.1, 0.15) is 5.56 Å². The van der Waals surface area contributed by atoms with Crippen LogP contribution in [0.3, 0.4) is 0 Å². The smallest absolute Gasteiger partial charge is 0.273 e. The molecule has 0 aliphatic heterocycles. The Morgan fingerprint density at radius 1 is 1.22 bits per heavy atom. The molecule has 0 saturated carbocycles. The van der Waals surface area contributed by atoms with Crippen molar-refractivity contribution in [2.24, 2.45) is 10.1 Å². The Morgan fingerprint density at radius 2 is 1.87 bits per heavy atom. The van der Waals surface area contributed by atoms with E-state index in [1.165, 1.54) is 55.8 Å². The molecule has 2 aromatic carbocycles. The van der Waals surface area contributed by atoms with E-state index in [2.05, 4.69) is 4.99 Å². The van der Waals surface area contributed by atoms with Gasteiger partial charge in [0.15, 0.2) is 0 Å². The SMILES string of the molecule is COc1cc([N+](=O)[O-])ccc1C=Nc1ccc(S(N)(=O)=O)cc1. The van der Waals surface area contributed by atoms with Gasteiger partial charge in [0.25, 0.3) is 5.69 Å². The van der Waals surface area contributed by atoms with Gasteiger partial charge >= 0.3 is 0 Å². The van der Waals surface area contributed by atoms with Gasteiger partial charge in [-0.15, -0.1) is 0 Å². The van der Waals surface area contributed by atoms with Gasteiger partial charge in [-0.1, -0.05) is 0 Å². The van der Waals surface area contributed by atoms with Crippen molar-refractivity contribution in [2.45, 2.75) is 4.90 Å². The van der Waals surface area contributed by atoms with E-state index < -0.39 is 14.9 Å². The number of nitrogens with two attached hydrogens (primary N) is 1. The summed E-state index contributed by atoms with van der Waals surface area (Å²) in [6.45, 7) is 0. The van der Waals surface area contributed by atoms with Crippen molar-refractivity contribution < 1.29 is 18.1 Å². The van der Waals surface area contributed by atoms with Crippen molar-refractivity contribution in [1.29, 1.82) is 0 Å². The minimum Gasteiger partial charge on any atom is -0.496 e. The molecule has 0 aliphatic carbocycles. The Kier molecular flexibility index (Phi) is 4.72. The van der Waals surface area contributed by atoms with Gasteiger partial charge in [0, 0.05) is 17.8 Å². The highest BCUT2D eigenvalue weighted by Crippen LogP contribution is 2.24. The van der Waals surface area contributed by atoms with Crippen LogP contribution in [0, 0.1) is 10.1 Å². The molecule has 0 unspecified atom stereocenters. The first kappa shape index (κ1) is 16.6. The van der Waals surface area contributed by atoms with E-state index in [-0.39, 0.29) is 10.6 Å². The molecule has 0 fully saturated rings. The molecule has 0 radical (unpaired) electrons. The van der Waals surface area contributed by atoms with Crippen LogP contribution in [0.2, 0.25) is 0 Å². The predicted octanol–water partition coefficient (Wildman–Crippen LogP) is 2.00. The number of benzene rings is 2. The van der Waals surface area contributed by atoms with E-state index in [0.29, 0.717) is 17.0 Å². The zero-order chi connectivity index (χ0) is 17.0. The van der Waals surface area contributed by atoms with Crippen molar-refractivity contribution in [3.63, 3.8) is 0 Å². The standard InChI is InChI=1S/C14H13N3O5S/c1-22-14-8-12(17(18)19)5-2-10(14)9-16-11-3-6-13(7-4-11)23(15,20)21/h2-9H,1H3,(H2,15,20,21). The predicted molar refractivity (Wildman–Crippen MR) is 84.7 cm³/mol. The van der Waals surface area contributed by atoms with E-state index in [4.69, 9.17) is 9.88 Å². The Balaban J connectivity index is 2.28. The van der Waals surface area contributed by atoms with Gasteiger partial charge in [-0.2, -0.15) is 0 Å². The van der Waals surface area contributed by atoms with Gasteiger partial charge in [-0.3, -0.25) is 15.1 Å². The summed E-state index contributed by atoms with van der Waals surface area (Å²) in [6.07, 6.45) is 1.47. The lowest BCUT2D eigenvalue weighted by atomic mass is 10.2. The molecule has 0 saturated heterocycles. The van der Waals surface area contributed by atoms with Gasteiger partial charge in [0.2, 0.25) is 10.0 Å². The lowest BCUT2D eigenvalue weighted by Gasteiger charge is -2.04. The van der Waals surface area contributed by atoms with E-state index in [0.717, 1.165) is 0 Å². The average Bonchev–Trinajstić information content (AvgIpc) is 2.52. The Morgan fingerprint density at radius 3 is 2.39 bits per heavy atom. The maximum absolute atomic E-state index is 11.2. The molecule has 0 heterocycles. The van der Waals surface area contributed by atoms with E-state index in [9.17, 15) is 18.5 Å². The first-order valence-electron chi connectivity index (χ1n) is 6.30. The number of nitro groups is 1. The number of nitro benzene ring substituents is 1. The molecule has 9 heteroatoms. The van der Waals surface area contributed by atoms with Gasteiger partial charge in [0.05, 0.1) is 28.7 Å². The highest BCUT2D eigenvalue weighted by molar-refractivity contribution is 7.89. The average molecular weight is 335 g/mol. The Hall–Kier alpha value is -2.78. The van der Waals surface area contributed by atoms with Crippen LogP contribution >= 0.6 is 0 Å². The molecule has 0 atom stereocenters. The second-order valence-corrected chi connectivity index (χ2v) is 6.04. The van der Waals surface area contributed by atoms with Gasteiger partial charge in [-0.25, -0.2) is 13.6 Å². The topological polar surface area (TPSA) is 125 Å². The lowest BCUT2D eigenvalue weighted by Crippen LogP contribution is -2.11. The third kappa shape index (κ3) is 4.11. The zero-order valence-corrected chi connectivity index (χ0v) is 12.9. The molecule has 2 rings (SSSR count). The minimum absolute atomic E-state index is 0.00985. The van der Waals surface area contributed by atoms with Gasteiger partial charge in [0.1, 0.15) is 5.75 Å².